The Morgan fingerprint density at radius 2 is 1.69 bits per heavy atom. The summed E-state index contributed by atoms with van der Waals surface area (Å²) in [5, 5.41) is 5.60. The molecule has 0 aliphatic carbocycles. The predicted molar refractivity (Wildman–Crippen MR) is 172 cm³/mol. The Balaban J connectivity index is 1.40. The summed E-state index contributed by atoms with van der Waals surface area (Å²) in [5.41, 5.74) is 1.08. The summed E-state index contributed by atoms with van der Waals surface area (Å²) < 4.78 is 65.9. The highest BCUT2D eigenvalue weighted by atomic mass is 35.5. The Hall–Kier alpha value is -4.91. The fourth-order valence-corrected chi connectivity index (χ4v) is 5.01. The van der Waals surface area contributed by atoms with Crippen LogP contribution in [0.2, 0.25) is 5.02 Å². The van der Waals surface area contributed by atoms with Gasteiger partial charge in [0.2, 0.25) is 5.91 Å². The minimum Gasteiger partial charge on any atom is -0.447 e. The van der Waals surface area contributed by atoms with Crippen molar-refractivity contribution in [3.63, 3.8) is 0 Å². The maximum absolute atomic E-state index is 14.0. The van der Waals surface area contributed by atoms with Crippen molar-refractivity contribution in [2.45, 2.75) is 50.8 Å². The number of aromatic nitrogens is 1. The molecule has 0 radical (unpaired) electrons. The van der Waals surface area contributed by atoms with Gasteiger partial charge in [-0.2, -0.15) is 0 Å². The fraction of sp³-hybridized carbons (Fsp3) is 0.294. The van der Waals surface area contributed by atoms with Crippen LogP contribution in [0.3, 0.4) is 0 Å². The molecule has 3 aromatic carbocycles. The number of nitrogens with zero attached hydrogens (tertiary/aromatic N) is 2. The van der Waals surface area contributed by atoms with E-state index < -0.39 is 54.8 Å². The van der Waals surface area contributed by atoms with E-state index >= 15 is 0 Å². The number of halogens is 5. The molecule has 2 atom stereocenters. The maximum atomic E-state index is 14.0. The summed E-state index contributed by atoms with van der Waals surface area (Å²) in [7, 11) is 1.42. The number of anilines is 1. The van der Waals surface area contributed by atoms with Crippen LogP contribution in [-0.4, -0.2) is 60.1 Å². The Kier molecular flexibility index (Phi) is 13.0. The number of likely N-dealkylation sites (N-methyl/N-ethyl adjacent to an activating group) is 1. The Morgan fingerprint density at radius 3 is 2.44 bits per heavy atom. The molecule has 3 amide bonds. The number of nitrogens with one attached hydrogen (secondary N) is 2. The average Bonchev–Trinajstić information content (AvgIpc) is 3.07. The van der Waals surface area contributed by atoms with Crippen LogP contribution >= 0.6 is 11.6 Å². The van der Waals surface area contributed by atoms with E-state index in [1.54, 1.807) is 36.4 Å². The van der Waals surface area contributed by atoms with Crippen LogP contribution in [0.5, 0.6) is 0 Å². The summed E-state index contributed by atoms with van der Waals surface area (Å²) in [6.45, 7) is -0.535. The van der Waals surface area contributed by atoms with Crippen LogP contribution in [0.4, 0.5) is 33.0 Å². The van der Waals surface area contributed by atoms with Gasteiger partial charge in [0, 0.05) is 25.1 Å². The smallest absolute Gasteiger partial charge is 0.412 e. The SMILES string of the molecule is CN(C(=O)CCc1cccc(F)c1Cl)[C@@H](CCC(NC(=O)OCc1ccccc1)C(F)F)COC(=O)Nc1cc2cc(F)ccc2cn1. The highest BCUT2D eigenvalue weighted by molar-refractivity contribution is 6.31. The van der Waals surface area contributed by atoms with Gasteiger partial charge >= 0.3 is 12.2 Å². The van der Waals surface area contributed by atoms with Crippen LogP contribution in [0.15, 0.2) is 79.0 Å². The molecule has 0 fully saturated rings. The second-order valence-electron chi connectivity index (χ2n) is 10.9. The number of alkyl halides is 2. The van der Waals surface area contributed by atoms with Crippen molar-refractivity contribution in [3.8, 4) is 0 Å². The van der Waals surface area contributed by atoms with Crippen molar-refractivity contribution < 1.29 is 41.4 Å². The van der Waals surface area contributed by atoms with Gasteiger partial charge in [0.15, 0.2) is 0 Å². The van der Waals surface area contributed by atoms with Crippen molar-refractivity contribution in [2.24, 2.45) is 0 Å². The van der Waals surface area contributed by atoms with Crippen LogP contribution in [0.1, 0.15) is 30.4 Å². The molecule has 0 bridgehead atoms. The summed E-state index contributed by atoms with van der Waals surface area (Å²) in [5.74, 6) is -1.49. The predicted octanol–water partition coefficient (Wildman–Crippen LogP) is 7.52. The molecule has 14 heteroatoms. The molecule has 0 saturated carbocycles. The number of pyridine rings is 1. The van der Waals surface area contributed by atoms with Gasteiger partial charge in [0.25, 0.3) is 6.43 Å². The van der Waals surface area contributed by atoms with Gasteiger partial charge in [-0.05, 0) is 66.1 Å². The summed E-state index contributed by atoms with van der Waals surface area (Å²) in [6.07, 6.45) is -3.97. The molecule has 4 rings (SSSR count). The normalized spacial score (nSPS) is 12.3. The van der Waals surface area contributed by atoms with E-state index in [0.717, 1.165) is 0 Å². The molecule has 2 N–H and O–H groups in total. The summed E-state index contributed by atoms with van der Waals surface area (Å²) >= 11 is 6.02. The Bertz CT molecular complexity index is 1720. The lowest BCUT2D eigenvalue weighted by Gasteiger charge is -2.29. The van der Waals surface area contributed by atoms with Crippen molar-refractivity contribution in [1.82, 2.24) is 15.2 Å². The van der Waals surface area contributed by atoms with Crippen LogP contribution in [0.25, 0.3) is 10.8 Å². The number of aryl methyl sites for hydroxylation is 1. The van der Waals surface area contributed by atoms with Crippen molar-refractivity contribution >= 4 is 46.3 Å². The number of fused-ring (bicyclic) bond motifs is 1. The quantitative estimate of drug-likeness (QED) is 0.133. The number of benzene rings is 3. The molecule has 0 aliphatic heterocycles. The first-order valence-electron chi connectivity index (χ1n) is 14.9. The molecule has 1 unspecified atom stereocenters. The van der Waals surface area contributed by atoms with Crippen LogP contribution in [0, 0.1) is 11.6 Å². The maximum Gasteiger partial charge on any atom is 0.412 e. The summed E-state index contributed by atoms with van der Waals surface area (Å²) in [6, 6.07) is 15.9. The second kappa shape index (κ2) is 17.3. The third kappa shape index (κ3) is 10.6. The van der Waals surface area contributed by atoms with Gasteiger partial charge in [-0.25, -0.2) is 32.1 Å². The number of alkyl carbamates (subject to hydrolysis) is 1. The molecule has 9 nitrogen and oxygen atoms in total. The standard InChI is InChI=1S/C34H33ClF4N4O5/c1-43(30(44)15-11-22-8-5-9-27(37)31(22)35)26(13-14-28(32(38)39)41-33(45)47-19-21-6-3-2-4-7-21)20-48-34(46)42-29-17-24-16-25(36)12-10-23(24)18-40-29/h2-10,12,16-18,26,28,32H,11,13-15,19-20H2,1H3,(H,41,45)(H,40,42,46)/t26-,28?/m0/s1. The topological polar surface area (TPSA) is 110 Å². The van der Waals surface area contributed by atoms with Crippen molar-refractivity contribution in [3.05, 3.63) is 107 Å². The van der Waals surface area contributed by atoms with E-state index in [1.807, 2.05) is 0 Å². The number of rotatable bonds is 14. The number of carbonyl (C=O) groups is 3. The number of carbonyl (C=O) groups excluding carboxylic acids is 3. The fourth-order valence-electron chi connectivity index (χ4n) is 4.79. The highest BCUT2D eigenvalue weighted by Gasteiger charge is 2.28. The minimum absolute atomic E-state index is 0.0713. The molecule has 0 spiro atoms. The van der Waals surface area contributed by atoms with E-state index in [-0.39, 0.29) is 43.1 Å². The third-order valence-electron chi connectivity index (χ3n) is 7.53. The van der Waals surface area contributed by atoms with Crippen LogP contribution in [-0.2, 0) is 27.3 Å². The Labute approximate surface area is 279 Å². The van der Waals surface area contributed by atoms with Gasteiger partial charge in [-0.3, -0.25) is 10.1 Å². The van der Waals surface area contributed by atoms with E-state index in [1.165, 1.54) is 54.5 Å². The molecule has 0 aliphatic rings. The average molecular weight is 689 g/mol. The van der Waals surface area contributed by atoms with E-state index in [4.69, 9.17) is 21.1 Å². The molecular formula is C34H33ClF4N4O5. The van der Waals surface area contributed by atoms with E-state index in [2.05, 4.69) is 15.6 Å². The zero-order valence-corrected chi connectivity index (χ0v) is 26.6. The minimum atomic E-state index is -2.97. The van der Waals surface area contributed by atoms with E-state index in [0.29, 0.717) is 21.9 Å². The lowest BCUT2D eigenvalue weighted by molar-refractivity contribution is -0.133. The van der Waals surface area contributed by atoms with Crippen molar-refractivity contribution in [1.29, 1.82) is 0 Å². The Morgan fingerprint density at radius 1 is 0.917 bits per heavy atom. The molecular weight excluding hydrogens is 656 g/mol. The molecule has 4 aromatic rings. The lowest BCUT2D eigenvalue weighted by Crippen LogP contribution is -2.44. The molecule has 1 heterocycles. The lowest BCUT2D eigenvalue weighted by atomic mass is 10.0. The summed E-state index contributed by atoms with van der Waals surface area (Å²) in [4.78, 5) is 43.5. The first-order valence-corrected chi connectivity index (χ1v) is 15.3. The molecule has 1 aromatic heterocycles. The number of amides is 3. The van der Waals surface area contributed by atoms with Crippen LogP contribution < -0.4 is 10.6 Å². The van der Waals surface area contributed by atoms with Gasteiger partial charge in [0.1, 0.15) is 30.7 Å². The van der Waals surface area contributed by atoms with Gasteiger partial charge < -0.3 is 19.7 Å². The second-order valence-corrected chi connectivity index (χ2v) is 11.3. The van der Waals surface area contributed by atoms with Gasteiger partial charge in [-0.15, -0.1) is 0 Å². The number of ether oxygens (including phenoxy) is 2. The molecule has 254 valence electrons. The molecule has 48 heavy (non-hydrogen) atoms. The third-order valence-corrected chi connectivity index (χ3v) is 7.96. The highest BCUT2D eigenvalue weighted by Crippen LogP contribution is 2.22. The number of hydrogen-bond donors (Lipinski definition) is 2. The van der Waals surface area contributed by atoms with E-state index in [9.17, 15) is 31.9 Å². The van der Waals surface area contributed by atoms with Gasteiger partial charge in [0.05, 0.1) is 17.1 Å². The monoisotopic (exact) mass is 688 g/mol. The zero-order chi connectivity index (χ0) is 34.6. The zero-order valence-electron chi connectivity index (χ0n) is 25.8. The van der Waals surface area contributed by atoms with Gasteiger partial charge in [-0.1, -0.05) is 54.1 Å². The first-order chi connectivity index (χ1) is 23.0. The van der Waals surface area contributed by atoms with Crippen molar-refractivity contribution in [2.75, 3.05) is 19.0 Å². The molecule has 0 saturated heterocycles. The largest absolute Gasteiger partial charge is 0.447 e. The number of hydrogen-bond acceptors (Lipinski definition) is 6. The first kappa shape index (κ1) is 35.9.